The van der Waals surface area contributed by atoms with Crippen LogP contribution in [0.3, 0.4) is 0 Å². The van der Waals surface area contributed by atoms with E-state index in [1.54, 1.807) is 36.7 Å². The van der Waals surface area contributed by atoms with Crippen molar-refractivity contribution in [2.45, 2.75) is 4.90 Å². The molecule has 0 radical (unpaired) electrons. The Morgan fingerprint density at radius 2 is 1.69 bits per heavy atom. The molecule has 4 aromatic rings. The van der Waals surface area contributed by atoms with Gasteiger partial charge in [0.05, 0.1) is 34.0 Å². The average Bonchev–Trinajstić information content (AvgIpc) is 2.84. The molecule has 3 N–H and O–H groups in total. The molecule has 164 valence electrons. The molecular formula is C23H23N5O2S2. The lowest BCUT2D eigenvalue weighted by atomic mass is 10.1. The number of anilines is 2. The van der Waals surface area contributed by atoms with Crippen LogP contribution >= 0.6 is 22.5 Å². The van der Waals surface area contributed by atoms with E-state index in [1.165, 1.54) is 0 Å². The van der Waals surface area contributed by atoms with Gasteiger partial charge >= 0.3 is 0 Å². The monoisotopic (exact) mass is 465 g/mol. The maximum Gasteiger partial charge on any atom is 0.147 e. The molecule has 7 nitrogen and oxygen atoms in total. The van der Waals surface area contributed by atoms with Crippen molar-refractivity contribution in [3.8, 4) is 11.1 Å². The first-order chi connectivity index (χ1) is 15.6. The Bertz CT molecular complexity index is 1230. The molecule has 2 aromatic heterocycles. The highest BCUT2D eigenvalue weighted by molar-refractivity contribution is 8.25. The Hall–Kier alpha value is -2.85. The summed E-state index contributed by atoms with van der Waals surface area (Å²) in [6.07, 6.45) is 5.17. The second-order valence-corrected chi connectivity index (χ2v) is 10.5. The number of rotatable bonds is 5. The van der Waals surface area contributed by atoms with E-state index in [2.05, 4.69) is 19.6 Å². The van der Waals surface area contributed by atoms with Gasteiger partial charge in [-0.3, -0.25) is 23.8 Å². The van der Waals surface area contributed by atoms with Gasteiger partial charge in [0.1, 0.15) is 5.82 Å². The number of benzene rings is 2. The van der Waals surface area contributed by atoms with Crippen molar-refractivity contribution in [3.05, 3.63) is 73.2 Å². The molecule has 1 aliphatic heterocycles. The smallest absolute Gasteiger partial charge is 0.147 e. The third-order valence-corrected chi connectivity index (χ3v) is 7.66. The van der Waals surface area contributed by atoms with Gasteiger partial charge in [0, 0.05) is 36.4 Å². The molecule has 2 aromatic carbocycles. The van der Waals surface area contributed by atoms with Crippen molar-refractivity contribution in [1.82, 2.24) is 15.0 Å². The molecule has 32 heavy (non-hydrogen) atoms. The standard InChI is InChI=1S/C23H23N5O2S2/c29-32(30,20-4-2-1-3-5-20)27-19-12-18(14-24-15-19)17-6-7-21-22(13-17)26-23(16-25-21)28-8-10-31-11-9-28/h1-7,12-16,27,29-30H,8-11H2. The summed E-state index contributed by atoms with van der Waals surface area (Å²) in [6, 6.07) is 16.5. The molecule has 0 bridgehead atoms. The number of aromatic nitrogens is 3. The number of hydrogen-bond acceptors (Lipinski definition) is 8. The number of hydrogen-bond donors (Lipinski definition) is 3. The van der Waals surface area contributed by atoms with E-state index in [9.17, 15) is 9.11 Å². The molecule has 0 atom stereocenters. The third-order valence-electron chi connectivity index (χ3n) is 5.27. The van der Waals surface area contributed by atoms with Crippen LogP contribution in [0.4, 0.5) is 11.5 Å². The quantitative estimate of drug-likeness (QED) is 0.362. The zero-order valence-corrected chi connectivity index (χ0v) is 18.9. The molecule has 0 aliphatic carbocycles. The summed E-state index contributed by atoms with van der Waals surface area (Å²) in [6.45, 7) is 1.96. The van der Waals surface area contributed by atoms with Crippen LogP contribution in [0.15, 0.2) is 78.1 Å². The largest absolute Gasteiger partial charge is 0.354 e. The van der Waals surface area contributed by atoms with Gasteiger partial charge in [-0.1, -0.05) is 35.0 Å². The minimum atomic E-state index is -3.18. The summed E-state index contributed by atoms with van der Waals surface area (Å²) in [5.74, 6) is 3.11. The van der Waals surface area contributed by atoms with Crippen molar-refractivity contribution < 1.29 is 9.11 Å². The van der Waals surface area contributed by atoms with Crippen LogP contribution in [0.5, 0.6) is 0 Å². The number of fused-ring (bicyclic) bond motifs is 1. The highest BCUT2D eigenvalue weighted by Crippen LogP contribution is 2.47. The van der Waals surface area contributed by atoms with Gasteiger partial charge in [-0.15, -0.1) is 0 Å². The van der Waals surface area contributed by atoms with Crippen LogP contribution in [0.1, 0.15) is 0 Å². The topological polar surface area (TPSA) is 94.4 Å². The average molecular weight is 466 g/mol. The van der Waals surface area contributed by atoms with E-state index in [-0.39, 0.29) is 0 Å². The van der Waals surface area contributed by atoms with Gasteiger partial charge in [-0.25, -0.2) is 4.98 Å². The zero-order chi connectivity index (χ0) is 22.0. The van der Waals surface area contributed by atoms with Crippen LogP contribution in [-0.2, 0) is 0 Å². The highest BCUT2D eigenvalue weighted by atomic mass is 32.3. The van der Waals surface area contributed by atoms with E-state index in [1.807, 2.05) is 48.3 Å². The fourth-order valence-electron chi connectivity index (χ4n) is 3.61. The zero-order valence-electron chi connectivity index (χ0n) is 17.3. The predicted octanol–water partition coefficient (Wildman–Crippen LogP) is 5.38. The second-order valence-electron chi connectivity index (χ2n) is 7.46. The van der Waals surface area contributed by atoms with Crippen LogP contribution in [0.2, 0.25) is 0 Å². The summed E-state index contributed by atoms with van der Waals surface area (Å²) in [5.41, 5.74) is 3.97. The van der Waals surface area contributed by atoms with E-state index < -0.39 is 10.8 Å². The number of pyridine rings is 1. The Balaban J connectivity index is 1.43. The molecule has 3 heterocycles. The van der Waals surface area contributed by atoms with E-state index >= 15 is 0 Å². The Labute approximate surface area is 192 Å². The Kier molecular flexibility index (Phi) is 5.88. The van der Waals surface area contributed by atoms with E-state index in [4.69, 9.17) is 4.98 Å². The first kappa shape index (κ1) is 21.0. The fraction of sp³-hybridized carbons (Fsp3) is 0.174. The lowest BCUT2D eigenvalue weighted by Gasteiger charge is -2.33. The maximum atomic E-state index is 10.6. The van der Waals surface area contributed by atoms with Gasteiger partial charge in [0.25, 0.3) is 0 Å². The highest BCUT2D eigenvalue weighted by Gasteiger charge is 2.16. The van der Waals surface area contributed by atoms with Crippen molar-refractivity contribution in [3.63, 3.8) is 0 Å². The van der Waals surface area contributed by atoms with Crippen LogP contribution in [0.25, 0.3) is 22.2 Å². The molecule has 1 fully saturated rings. The lowest BCUT2D eigenvalue weighted by molar-refractivity contribution is 0.494. The summed E-state index contributed by atoms with van der Waals surface area (Å²) in [4.78, 5) is 16.4. The van der Waals surface area contributed by atoms with Gasteiger partial charge < -0.3 is 4.90 Å². The molecule has 0 spiro atoms. The van der Waals surface area contributed by atoms with Crippen LogP contribution < -0.4 is 9.62 Å². The predicted molar refractivity (Wildman–Crippen MR) is 133 cm³/mol. The molecular weight excluding hydrogens is 442 g/mol. The van der Waals surface area contributed by atoms with Crippen LogP contribution in [0, 0.1) is 0 Å². The van der Waals surface area contributed by atoms with E-state index in [0.29, 0.717) is 10.6 Å². The minimum absolute atomic E-state index is 0.426. The van der Waals surface area contributed by atoms with Gasteiger partial charge in [-0.2, -0.15) is 11.8 Å². The second kappa shape index (κ2) is 8.95. The molecule has 1 saturated heterocycles. The molecule has 5 rings (SSSR count). The van der Waals surface area contributed by atoms with Crippen LogP contribution in [-0.4, -0.2) is 48.7 Å². The molecule has 9 heteroatoms. The third kappa shape index (κ3) is 4.51. The molecule has 0 saturated carbocycles. The summed E-state index contributed by atoms with van der Waals surface area (Å²) in [7, 11) is -3.18. The SMILES string of the molecule is OS(O)(Nc1cncc(-c2ccc3ncc(N4CCSCC4)nc3c2)c1)c1ccccc1. The molecule has 0 unspecified atom stereocenters. The van der Waals surface area contributed by atoms with Crippen molar-refractivity contribution >= 4 is 45.1 Å². The first-order valence-electron chi connectivity index (χ1n) is 10.2. The normalized spacial score (nSPS) is 15.0. The summed E-state index contributed by atoms with van der Waals surface area (Å²) >= 11 is 1.96. The minimum Gasteiger partial charge on any atom is -0.354 e. The first-order valence-corrected chi connectivity index (χ1v) is 12.9. The fourth-order valence-corrected chi connectivity index (χ4v) is 5.61. The lowest BCUT2D eigenvalue weighted by Crippen LogP contribution is -2.33. The van der Waals surface area contributed by atoms with Crippen molar-refractivity contribution in [2.24, 2.45) is 0 Å². The Morgan fingerprint density at radius 1 is 0.875 bits per heavy atom. The number of thioether (sulfide) groups is 1. The molecule has 1 aliphatic rings. The summed E-state index contributed by atoms with van der Waals surface area (Å²) < 4.78 is 24.0. The maximum absolute atomic E-state index is 10.6. The van der Waals surface area contributed by atoms with Gasteiger partial charge in [0.15, 0.2) is 0 Å². The van der Waals surface area contributed by atoms with E-state index in [0.717, 1.165) is 52.6 Å². The van der Waals surface area contributed by atoms with Gasteiger partial charge in [-0.05, 0) is 35.9 Å². The number of nitrogens with zero attached hydrogens (tertiary/aromatic N) is 4. The molecule has 0 amide bonds. The number of nitrogens with one attached hydrogen (secondary N) is 1. The van der Waals surface area contributed by atoms with Crippen molar-refractivity contribution in [1.29, 1.82) is 0 Å². The van der Waals surface area contributed by atoms with Gasteiger partial charge in [0.2, 0.25) is 0 Å². The van der Waals surface area contributed by atoms with Crippen molar-refractivity contribution in [2.75, 3.05) is 34.2 Å². The summed E-state index contributed by atoms with van der Waals surface area (Å²) in [5, 5.41) is 0. The Morgan fingerprint density at radius 3 is 2.50 bits per heavy atom.